The summed E-state index contributed by atoms with van der Waals surface area (Å²) in [4.78, 5) is 0. The normalized spacial score (nSPS) is 25.6. The van der Waals surface area contributed by atoms with Gasteiger partial charge in [-0.25, -0.2) is 0 Å². The Hall–Kier alpha value is -3.21. The number of aryl methyl sites for hydroxylation is 1. The molecule has 1 aromatic carbocycles. The summed E-state index contributed by atoms with van der Waals surface area (Å²) in [5, 5.41) is 0.192. The fraction of sp³-hybridized carbons (Fsp3) is 0.333. The van der Waals surface area contributed by atoms with Crippen LogP contribution in [-0.4, -0.2) is 5.25 Å². The maximum Gasteiger partial charge on any atom is 0.0337 e. The van der Waals surface area contributed by atoms with Crippen LogP contribution in [0.1, 0.15) is 76.3 Å². The second-order valence-corrected chi connectivity index (χ2v) is 12.3. The molecule has 204 valence electrons. The van der Waals surface area contributed by atoms with Gasteiger partial charge in [-0.3, -0.25) is 0 Å². The van der Waals surface area contributed by atoms with E-state index in [2.05, 4.69) is 99.6 Å². The van der Waals surface area contributed by atoms with E-state index in [1.807, 2.05) is 6.08 Å². The van der Waals surface area contributed by atoms with Gasteiger partial charge in [0.2, 0.25) is 0 Å². The summed E-state index contributed by atoms with van der Waals surface area (Å²) in [6.07, 6.45) is 25.6. The summed E-state index contributed by atoms with van der Waals surface area (Å²) >= 11 is 4.92. The zero-order chi connectivity index (χ0) is 28.1. The number of rotatable bonds is 4. The Bertz CT molecular complexity index is 1450. The molecule has 0 aromatic heterocycles. The molecule has 1 heteroatoms. The smallest absolute Gasteiger partial charge is 0.0337 e. The van der Waals surface area contributed by atoms with Crippen LogP contribution in [0, 0.1) is 17.8 Å². The molecule has 1 aromatic rings. The Kier molecular flexibility index (Phi) is 9.18. The van der Waals surface area contributed by atoms with Crippen molar-refractivity contribution >= 4 is 18.2 Å². The van der Waals surface area contributed by atoms with Gasteiger partial charge in [0.25, 0.3) is 0 Å². The molecule has 0 spiro atoms. The highest BCUT2D eigenvalue weighted by Crippen LogP contribution is 2.46. The van der Waals surface area contributed by atoms with Crippen LogP contribution in [0.3, 0.4) is 0 Å². The van der Waals surface area contributed by atoms with Gasteiger partial charge in [-0.2, -0.15) is 12.6 Å². The predicted octanol–water partition coefficient (Wildman–Crippen LogP) is 10.4. The third-order valence-electron chi connectivity index (χ3n) is 8.89. The van der Waals surface area contributed by atoms with Crippen molar-refractivity contribution in [3.8, 4) is 11.8 Å². The van der Waals surface area contributed by atoms with Gasteiger partial charge in [-0.05, 0) is 113 Å². The first-order valence-electron chi connectivity index (χ1n) is 14.9. The SMILES string of the molecule is C=CC1=C/C=C(\C)C(=C)CC#CCCc2ccc(cc2)C2=CC=C(C3CCCC3)\C(=C\1C1=C(C(C)S)CC=C1)C2. The van der Waals surface area contributed by atoms with E-state index in [0.717, 1.165) is 31.3 Å². The third kappa shape index (κ3) is 6.24. The molecule has 6 rings (SSSR count). The van der Waals surface area contributed by atoms with Crippen LogP contribution in [0.5, 0.6) is 0 Å². The van der Waals surface area contributed by atoms with Gasteiger partial charge < -0.3 is 0 Å². The number of benzene rings is 1. The minimum absolute atomic E-state index is 0.192. The zero-order valence-electron chi connectivity index (χ0n) is 24.2. The van der Waals surface area contributed by atoms with Crippen molar-refractivity contribution in [2.75, 3.05) is 0 Å². The average molecular weight is 543 g/mol. The predicted molar refractivity (Wildman–Crippen MR) is 177 cm³/mol. The lowest BCUT2D eigenvalue weighted by Crippen LogP contribution is -2.12. The summed E-state index contributed by atoms with van der Waals surface area (Å²) < 4.78 is 0. The van der Waals surface area contributed by atoms with E-state index in [1.54, 1.807) is 0 Å². The Balaban J connectivity index is 1.76. The average Bonchev–Trinajstić information content (AvgIpc) is 3.67. The van der Waals surface area contributed by atoms with Gasteiger partial charge in [0.15, 0.2) is 0 Å². The third-order valence-corrected chi connectivity index (χ3v) is 9.20. The summed E-state index contributed by atoms with van der Waals surface area (Å²) in [7, 11) is 0. The number of fused-ring (bicyclic) bond motifs is 9. The van der Waals surface area contributed by atoms with E-state index in [0.29, 0.717) is 12.3 Å². The van der Waals surface area contributed by atoms with Crippen molar-refractivity contribution in [1.82, 2.24) is 0 Å². The molecule has 1 fully saturated rings. The van der Waals surface area contributed by atoms with E-state index in [-0.39, 0.29) is 5.25 Å². The Morgan fingerprint density at radius 3 is 2.52 bits per heavy atom. The standard InChI is InChI=1S/C39H42S/c1-5-31-21-18-28(3)27(2)12-7-6-8-13-30-19-22-32(23-20-30)34-24-25-36(33-14-9-10-15-33)38(26-34)39(31)37-17-11-16-35(37)29(4)40/h5,11,17-25,29,33,40H,1-2,8-10,12-16,26H2,3-4H3/b28-18+,31-21-,39-38-. The molecule has 1 atom stereocenters. The van der Waals surface area contributed by atoms with Crippen LogP contribution >= 0.6 is 12.6 Å². The van der Waals surface area contributed by atoms with E-state index in [1.165, 1.54) is 81.4 Å². The monoisotopic (exact) mass is 542 g/mol. The summed E-state index contributed by atoms with van der Waals surface area (Å²) in [5.41, 5.74) is 14.5. The van der Waals surface area contributed by atoms with Crippen LogP contribution in [0.15, 0.2) is 125 Å². The van der Waals surface area contributed by atoms with Gasteiger partial charge in [0.05, 0.1) is 0 Å². The van der Waals surface area contributed by atoms with Gasteiger partial charge >= 0.3 is 0 Å². The molecule has 0 heterocycles. The Morgan fingerprint density at radius 2 is 1.80 bits per heavy atom. The van der Waals surface area contributed by atoms with Crippen molar-refractivity contribution in [2.24, 2.45) is 5.92 Å². The lowest BCUT2D eigenvalue weighted by molar-refractivity contribution is 0.644. The first-order valence-corrected chi connectivity index (χ1v) is 15.4. The van der Waals surface area contributed by atoms with Gasteiger partial charge in [-0.15, -0.1) is 5.92 Å². The maximum atomic E-state index is 4.92. The molecule has 0 radical (unpaired) electrons. The molecule has 5 aliphatic rings. The minimum Gasteiger partial charge on any atom is -0.172 e. The van der Waals surface area contributed by atoms with Crippen LogP contribution in [0.25, 0.3) is 5.57 Å². The van der Waals surface area contributed by atoms with Gasteiger partial charge in [0, 0.05) is 18.1 Å². The quantitative estimate of drug-likeness (QED) is 0.284. The summed E-state index contributed by atoms with van der Waals surface area (Å²) in [6, 6.07) is 9.17. The molecule has 40 heavy (non-hydrogen) atoms. The molecule has 5 aliphatic carbocycles. The highest BCUT2D eigenvalue weighted by molar-refractivity contribution is 7.81. The fourth-order valence-corrected chi connectivity index (χ4v) is 6.67. The maximum absolute atomic E-state index is 4.92. The van der Waals surface area contributed by atoms with Crippen LogP contribution in [0.4, 0.5) is 0 Å². The molecule has 0 saturated heterocycles. The molecular formula is C39H42S. The highest BCUT2D eigenvalue weighted by atomic mass is 32.1. The van der Waals surface area contributed by atoms with Crippen molar-refractivity contribution in [3.05, 3.63) is 136 Å². The van der Waals surface area contributed by atoms with Crippen LogP contribution in [-0.2, 0) is 6.42 Å². The van der Waals surface area contributed by atoms with E-state index in [9.17, 15) is 0 Å². The second-order valence-electron chi connectivity index (χ2n) is 11.6. The molecule has 1 unspecified atom stereocenters. The highest BCUT2D eigenvalue weighted by Gasteiger charge is 2.29. The Morgan fingerprint density at radius 1 is 1.02 bits per heavy atom. The molecular weight excluding hydrogens is 500 g/mol. The molecule has 0 aliphatic heterocycles. The van der Waals surface area contributed by atoms with Crippen LogP contribution < -0.4 is 0 Å². The first-order chi connectivity index (χ1) is 19.5. The number of allylic oxidation sites excluding steroid dienone is 15. The van der Waals surface area contributed by atoms with Crippen molar-refractivity contribution in [1.29, 1.82) is 0 Å². The lowest BCUT2D eigenvalue weighted by Gasteiger charge is -2.28. The van der Waals surface area contributed by atoms with Gasteiger partial charge in [0.1, 0.15) is 0 Å². The van der Waals surface area contributed by atoms with E-state index in [4.69, 9.17) is 12.6 Å². The number of hydrogen-bond donors (Lipinski definition) is 1. The summed E-state index contributed by atoms with van der Waals surface area (Å²) in [5.74, 6) is 7.32. The Labute approximate surface area is 247 Å². The lowest BCUT2D eigenvalue weighted by atomic mass is 9.76. The van der Waals surface area contributed by atoms with Crippen molar-refractivity contribution in [3.63, 3.8) is 0 Å². The first kappa shape index (κ1) is 28.3. The molecule has 0 amide bonds. The number of hydrogen-bond acceptors (Lipinski definition) is 1. The largest absolute Gasteiger partial charge is 0.172 e. The number of thiol groups is 1. The van der Waals surface area contributed by atoms with Crippen LogP contribution in [0.2, 0.25) is 0 Å². The topological polar surface area (TPSA) is 0 Å². The zero-order valence-corrected chi connectivity index (χ0v) is 25.1. The molecule has 1 saturated carbocycles. The van der Waals surface area contributed by atoms with Gasteiger partial charge in [-0.1, -0.05) is 98.7 Å². The van der Waals surface area contributed by atoms with E-state index < -0.39 is 0 Å². The second kappa shape index (κ2) is 13.0. The van der Waals surface area contributed by atoms with Crippen molar-refractivity contribution < 1.29 is 0 Å². The van der Waals surface area contributed by atoms with Crippen molar-refractivity contribution in [2.45, 2.75) is 76.9 Å². The minimum atomic E-state index is 0.192. The molecule has 0 nitrogen and oxygen atoms in total. The summed E-state index contributed by atoms with van der Waals surface area (Å²) in [6.45, 7) is 13.0. The molecule has 0 N–H and O–H groups in total. The molecule has 4 bridgehead atoms. The fourth-order valence-electron chi connectivity index (χ4n) is 6.42. The van der Waals surface area contributed by atoms with E-state index >= 15 is 0 Å².